The average Bonchev–Trinajstić information content (AvgIpc) is 2.63. The van der Waals surface area contributed by atoms with Crippen molar-refractivity contribution in [2.24, 2.45) is 5.92 Å². The maximum atomic E-state index is 12.7. The lowest BCUT2D eigenvalue weighted by Crippen LogP contribution is -2.33. The van der Waals surface area contributed by atoms with Crippen molar-refractivity contribution in [3.05, 3.63) is 42.4 Å². The number of carbonyl (C=O) groups excluding carboxylic acids is 1. The molecule has 0 spiro atoms. The van der Waals surface area contributed by atoms with Crippen LogP contribution in [0.1, 0.15) is 44.1 Å². The summed E-state index contributed by atoms with van der Waals surface area (Å²) in [6.45, 7) is 8.10. The quantitative estimate of drug-likeness (QED) is 0.886. The molecule has 1 aromatic carbocycles. The highest BCUT2D eigenvalue weighted by atomic mass is 16.5. The Bertz CT molecular complexity index is 755. The molecule has 6 heteroatoms. The maximum Gasteiger partial charge on any atom is 0.274 e. The fourth-order valence-corrected chi connectivity index (χ4v) is 2.99. The Balaban J connectivity index is 1.74. The van der Waals surface area contributed by atoms with Gasteiger partial charge in [0.05, 0.1) is 11.8 Å². The summed E-state index contributed by atoms with van der Waals surface area (Å²) in [7, 11) is 0. The van der Waals surface area contributed by atoms with Crippen LogP contribution in [0.15, 0.2) is 36.7 Å². The fraction of sp³-hybridized carbons (Fsp3) is 0.450. The van der Waals surface area contributed by atoms with Gasteiger partial charge in [-0.1, -0.05) is 19.1 Å². The Morgan fingerprint density at radius 3 is 2.69 bits per heavy atom. The SMILES string of the molecule is CC1CCN(c2cc(C(=O)Nc3ccccc3OC(C)C)ncn2)CC1. The predicted molar refractivity (Wildman–Crippen MR) is 103 cm³/mol. The molecule has 1 N–H and O–H groups in total. The van der Waals surface area contributed by atoms with Crippen LogP contribution in [0.4, 0.5) is 11.5 Å². The summed E-state index contributed by atoms with van der Waals surface area (Å²) in [5.74, 6) is 1.94. The summed E-state index contributed by atoms with van der Waals surface area (Å²) in [4.78, 5) is 23.4. The van der Waals surface area contributed by atoms with Crippen LogP contribution in [-0.2, 0) is 0 Å². The molecule has 1 aromatic heterocycles. The molecule has 1 amide bonds. The number of benzene rings is 1. The Hall–Kier alpha value is -2.63. The van der Waals surface area contributed by atoms with Crippen LogP contribution in [-0.4, -0.2) is 35.1 Å². The summed E-state index contributed by atoms with van der Waals surface area (Å²) in [6.07, 6.45) is 3.77. The van der Waals surface area contributed by atoms with E-state index in [9.17, 15) is 4.79 Å². The number of piperidine rings is 1. The van der Waals surface area contributed by atoms with E-state index < -0.39 is 0 Å². The second kappa shape index (κ2) is 8.17. The molecule has 1 saturated heterocycles. The Labute approximate surface area is 154 Å². The van der Waals surface area contributed by atoms with Crippen molar-refractivity contribution in [2.75, 3.05) is 23.3 Å². The third-order valence-corrected chi connectivity index (χ3v) is 4.49. The van der Waals surface area contributed by atoms with Crippen molar-refractivity contribution < 1.29 is 9.53 Å². The van der Waals surface area contributed by atoms with Gasteiger partial charge in [0.25, 0.3) is 5.91 Å². The molecule has 26 heavy (non-hydrogen) atoms. The van der Waals surface area contributed by atoms with Gasteiger partial charge in [0.2, 0.25) is 0 Å². The maximum absolute atomic E-state index is 12.7. The molecule has 6 nitrogen and oxygen atoms in total. The summed E-state index contributed by atoms with van der Waals surface area (Å²) in [5, 5.41) is 2.90. The first-order valence-electron chi connectivity index (χ1n) is 9.17. The summed E-state index contributed by atoms with van der Waals surface area (Å²) in [5.41, 5.74) is 0.992. The standard InChI is InChI=1S/C20H26N4O2/c1-14(2)26-18-7-5-4-6-16(18)23-20(25)17-12-19(22-13-21-17)24-10-8-15(3)9-11-24/h4-7,12-15H,8-11H2,1-3H3,(H,23,25). The molecule has 0 unspecified atom stereocenters. The van der Waals surface area contributed by atoms with Crippen molar-refractivity contribution in [1.29, 1.82) is 0 Å². The number of para-hydroxylation sites is 2. The first kappa shape index (κ1) is 18.2. The Morgan fingerprint density at radius 1 is 1.23 bits per heavy atom. The number of amides is 1. The molecular weight excluding hydrogens is 328 g/mol. The summed E-state index contributed by atoms with van der Waals surface area (Å²) < 4.78 is 5.76. The minimum atomic E-state index is -0.265. The molecule has 1 fully saturated rings. The monoisotopic (exact) mass is 354 g/mol. The average molecular weight is 354 g/mol. The van der Waals surface area contributed by atoms with Crippen LogP contribution in [0.5, 0.6) is 5.75 Å². The molecule has 2 heterocycles. The number of anilines is 2. The lowest BCUT2D eigenvalue weighted by molar-refractivity contribution is 0.102. The number of carbonyl (C=O) groups is 1. The van der Waals surface area contributed by atoms with Gasteiger partial charge >= 0.3 is 0 Å². The number of aromatic nitrogens is 2. The molecule has 0 saturated carbocycles. The van der Waals surface area contributed by atoms with Gasteiger partial charge in [0, 0.05) is 19.2 Å². The summed E-state index contributed by atoms with van der Waals surface area (Å²) in [6, 6.07) is 9.17. The highest BCUT2D eigenvalue weighted by Crippen LogP contribution is 2.26. The highest BCUT2D eigenvalue weighted by molar-refractivity contribution is 6.04. The third kappa shape index (κ3) is 4.50. The zero-order chi connectivity index (χ0) is 18.5. The van der Waals surface area contributed by atoms with E-state index in [2.05, 4.69) is 27.1 Å². The molecule has 0 bridgehead atoms. The van der Waals surface area contributed by atoms with Gasteiger partial charge in [0.15, 0.2) is 0 Å². The zero-order valence-electron chi connectivity index (χ0n) is 15.6. The van der Waals surface area contributed by atoms with Crippen LogP contribution >= 0.6 is 0 Å². The summed E-state index contributed by atoms with van der Waals surface area (Å²) >= 11 is 0. The van der Waals surface area contributed by atoms with Crippen molar-refractivity contribution in [1.82, 2.24) is 9.97 Å². The minimum absolute atomic E-state index is 0.0280. The fourth-order valence-electron chi connectivity index (χ4n) is 2.99. The first-order valence-corrected chi connectivity index (χ1v) is 9.17. The highest BCUT2D eigenvalue weighted by Gasteiger charge is 2.19. The molecular formula is C20H26N4O2. The molecule has 0 radical (unpaired) electrons. The van der Waals surface area contributed by atoms with Gasteiger partial charge in [-0.05, 0) is 44.7 Å². The van der Waals surface area contributed by atoms with E-state index in [4.69, 9.17) is 4.74 Å². The van der Waals surface area contributed by atoms with Crippen molar-refractivity contribution in [3.63, 3.8) is 0 Å². The lowest BCUT2D eigenvalue weighted by atomic mass is 9.99. The first-order chi connectivity index (χ1) is 12.5. The van der Waals surface area contributed by atoms with E-state index in [-0.39, 0.29) is 12.0 Å². The smallest absolute Gasteiger partial charge is 0.274 e. The minimum Gasteiger partial charge on any atom is -0.489 e. The Morgan fingerprint density at radius 2 is 1.96 bits per heavy atom. The van der Waals surface area contributed by atoms with Crippen LogP contribution < -0.4 is 15.0 Å². The van der Waals surface area contributed by atoms with Crippen LogP contribution in [0, 0.1) is 5.92 Å². The van der Waals surface area contributed by atoms with Crippen molar-refractivity contribution in [3.8, 4) is 5.75 Å². The van der Waals surface area contributed by atoms with Gasteiger partial charge in [0.1, 0.15) is 23.6 Å². The van der Waals surface area contributed by atoms with Gasteiger partial charge in [-0.2, -0.15) is 0 Å². The van der Waals surface area contributed by atoms with Gasteiger partial charge < -0.3 is 15.0 Å². The number of nitrogens with zero attached hydrogens (tertiary/aromatic N) is 3. The van der Waals surface area contributed by atoms with E-state index >= 15 is 0 Å². The molecule has 0 aliphatic carbocycles. The topological polar surface area (TPSA) is 67.4 Å². The van der Waals surface area contributed by atoms with E-state index in [1.54, 1.807) is 6.07 Å². The van der Waals surface area contributed by atoms with Crippen molar-refractivity contribution in [2.45, 2.75) is 39.7 Å². The zero-order valence-corrected chi connectivity index (χ0v) is 15.6. The van der Waals surface area contributed by atoms with Gasteiger partial charge in [-0.15, -0.1) is 0 Å². The second-order valence-electron chi connectivity index (χ2n) is 7.05. The molecule has 2 aromatic rings. The van der Waals surface area contributed by atoms with Crippen LogP contribution in [0.25, 0.3) is 0 Å². The third-order valence-electron chi connectivity index (χ3n) is 4.49. The lowest BCUT2D eigenvalue weighted by Gasteiger charge is -2.31. The van der Waals surface area contributed by atoms with Crippen molar-refractivity contribution >= 4 is 17.4 Å². The van der Waals surface area contributed by atoms with Crippen LogP contribution in [0.3, 0.4) is 0 Å². The number of nitrogens with one attached hydrogen (secondary N) is 1. The predicted octanol–water partition coefficient (Wildman–Crippen LogP) is 3.75. The Kier molecular flexibility index (Phi) is 5.71. The number of ether oxygens (including phenoxy) is 1. The van der Waals surface area contributed by atoms with E-state index in [1.165, 1.54) is 6.33 Å². The molecule has 138 valence electrons. The van der Waals surface area contributed by atoms with E-state index in [1.807, 2.05) is 38.1 Å². The molecule has 1 aliphatic heterocycles. The van der Waals surface area contributed by atoms with Crippen LogP contribution in [0.2, 0.25) is 0 Å². The number of hydrogen-bond acceptors (Lipinski definition) is 5. The van der Waals surface area contributed by atoms with Gasteiger partial charge in [-0.25, -0.2) is 9.97 Å². The largest absolute Gasteiger partial charge is 0.489 e. The molecule has 0 atom stereocenters. The van der Waals surface area contributed by atoms with Gasteiger partial charge in [-0.3, -0.25) is 4.79 Å². The van der Waals surface area contributed by atoms with E-state index in [0.717, 1.165) is 37.7 Å². The number of rotatable bonds is 5. The second-order valence-corrected chi connectivity index (χ2v) is 7.05. The molecule has 3 rings (SSSR count). The molecule has 1 aliphatic rings. The normalized spacial score (nSPS) is 15.2. The number of hydrogen-bond donors (Lipinski definition) is 1. The van der Waals surface area contributed by atoms with E-state index in [0.29, 0.717) is 17.1 Å².